The Bertz CT molecular complexity index is 1580. The molecule has 0 radical (unpaired) electrons. The number of ether oxygens (including phenoxy) is 3. The second-order valence-corrected chi connectivity index (χ2v) is 14.4. The number of benzene rings is 2. The first-order chi connectivity index (χ1) is 22.4. The molecule has 0 amide bonds. The van der Waals surface area contributed by atoms with Crippen LogP contribution in [0.2, 0.25) is 0 Å². The largest absolute Gasteiger partial charge is 0.508 e. The number of aromatic nitrogens is 1. The summed E-state index contributed by atoms with van der Waals surface area (Å²) in [6.07, 6.45) is 2.57. The van der Waals surface area contributed by atoms with Crippen LogP contribution >= 0.6 is 11.3 Å². The molecule has 2 heterocycles. The lowest BCUT2D eigenvalue weighted by molar-refractivity contribution is -0.157. The van der Waals surface area contributed by atoms with Gasteiger partial charge in [0.15, 0.2) is 0 Å². The van der Waals surface area contributed by atoms with Gasteiger partial charge in [0.05, 0.1) is 33.2 Å². The van der Waals surface area contributed by atoms with E-state index in [4.69, 9.17) is 14.2 Å². The number of nitrogens with zero attached hydrogens (tertiary/aromatic N) is 1. The number of rotatable bonds is 6. The molecule has 0 saturated heterocycles. The Morgan fingerprint density at radius 1 is 1.17 bits per heavy atom. The van der Waals surface area contributed by atoms with Crippen molar-refractivity contribution in [1.29, 1.82) is 0 Å². The average molecular weight is 662 g/mol. The van der Waals surface area contributed by atoms with Gasteiger partial charge in [0.1, 0.15) is 24.6 Å². The van der Waals surface area contributed by atoms with Crippen LogP contribution < -0.4 is 0 Å². The van der Waals surface area contributed by atoms with Crippen molar-refractivity contribution in [3.8, 4) is 0 Å². The van der Waals surface area contributed by atoms with Crippen molar-refractivity contribution >= 4 is 39.5 Å². The van der Waals surface area contributed by atoms with E-state index in [1.54, 1.807) is 31.3 Å². The summed E-state index contributed by atoms with van der Waals surface area (Å²) in [4.78, 5) is 45.6. The van der Waals surface area contributed by atoms with Crippen molar-refractivity contribution in [2.45, 2.75) is 98.1 Å². The normalized spacial score (nSPS) is 24.6. The van der Waals surface area contributed by atoms with E-state index in [0.29, 0.717) is 6.42 Å². The Labute approximate surface area is 281 Å². The number of carbonyl (C=O) groups excluding carboxylic acids is 3. The number of carbonyl (C=O) groups is 3. The van der Waals surface area contributed by atoms with E-state index >= 15 is 0 Å². The minimum atomic E-state index is -1.38. The molecule has 252 valence electrons. The summed E-state index contributed by atoms with van der Waals surface area (Å²) in [5, 5.41) is 12.4. The first-order valence-electron chi connectivity index (χ1n) is 16.3. The Kier molecular flexibility index (Phi) is 12.5. The van der Waals surface area contributed by atoms with Crippen molar-refractivity contribution in [3.05, 3.63) is 89.0 Å². The van der Waals surface area contributed by atoms with Crippen molar-refractivity contribution < 1.29 is 33.7 Å². The molecule has 0 unspecified atom stereocenters. The third-order valence-electron chi connectivity index (χ3n) is 9.06. The van der Waals surface area contributed by atoms with Crippen molar-refractivity contribution in [2.75, 3.05) is 0 Å². The van der Waals surface area contributed by atoms with Crippen molar-refractivity contribution in [3.63, 3.8) is 0 Å². The molecule has 1 N–H and O–H groups in total. The lowest BCUT2D eigenvalue weighted by atomic mass is 9.71. The Morgan fingerprint density at radius 3 is 2.64 bits per heavy atom. The number of cyclic esters (lactones) is 1. The summed E-state index contributed by atoms with van der Waals surface area (Å²) in [6, 6.07) is 15.0. The molecule has 0 fully saturated rings. The van der Waals surface area contributed by atoms with E-state index in [0.717, 1.165) is 51.2 Å². The average Bonchev–Trinajstić information content (AvgIpc) is 3.42. The Hall–Kier alpha value is -3.82. The SMILES string of the molecule is C=CC[C@H]1C(=O)C(C)(C)[C@@H](OC(=O)OCc2ccccc2)CC(=O)O[C@H](c2ccc3sc(C)nc3c2)CC=C(C)CCC[C@H](C)[C@@H]1O. The first-order valence-corrected chi connectivity index (χ1v) is 17.1. The molecule has 5 atom stereocenters. The Balaban J connectivity index is 1.67. The highest BCUT2D eigenvalue weighted by Gasteiger charge is 2.46. The molecule has 9 heteroatoms. The van der Waals surface area contributed by atoms with E-state index < -0.39 is 41.8 Å². The van der Waals surface area contributed by atoms with Crippen LogP contribution in [0.15, 0.2) is 72.8 Å². The number of aryl methyl sites for hydroxylation is 1. The molecule has 3 aromatic rings. The van der Waals surface area contributed by atoms with E-state index in [9.17, 15) is 19.5 Å². The lowest BCUT2D eigenvalue weighted by Gasteiger charge is -2.37. The molecule has 0 aliphatic carbocycles. The van der Waals surface area contributed by atoms with Crippen LogP contribution in [0.1, 0.15) is 88.5 Å². The topological polar surface area (TPSA) is 112 Å². The van der Waals surface area contributed by atoms with Crippen LogP contribution in [0.5, 0.6) is 0 Å². The van der Waals surface area contributed by atoms with Crippen LogP contribution in [-0.2, 0) is 30.4 Å². The maximum absolute atomic E-state index is 14.2. The van der Waals surface area contributed by atoms with E-state index in [2.05, 4.69) is 17.6 Å². The third-order valence-corrected chi connectivity index (χ3v) is 10.0. The number of hydrogen-bond donors (Lipinski definition) is 1. The fourth-order valence-corrected chi connectivity index (χ4v) is 6.89. The number of thiazole rings is 1. The van der Waals surface area contributed by atoms with Gasteiger partial charge in [0.25, 0.3) is 0 Å². The number of ketones is 1. The molecule has 1 aromatic heterocycles. The van der Waals surface area contributed by atoms with Gasteiger partial charge in [0, 0.05) is 12.3 Å². The molecular formula is C38H47NO7S. The molecule has 47 heavy (non-hydrogen) atoms. The number of aliphatic hydroxyl groups is 1. The summed E-state index contributed by atoms with van der Waals surface area (Å²) in [5.74, 6) is -1.92. The highest BCUT2D eigenvalue weighted by atomic mass is 32.1. The summed E-state index contributed by atoms with van der Waals surface area (Å²) < 4.78 is 18.3. The molecule has 0 saturated carbocycles. The van der Waals surface area contributed by atoms with Gasteiger partial charge in [-0.15, -0.1) is 17.9 Å². The van der Waals surface area contributed by atoms with Crippen LogP contribution in [0.4, 0.5) is 4.79 Å². The number of esters is 1. The minimum Gasteiger partial charge on any atom is -0.457 e. The van der Waals surface area contributed by atoms with E-state index in [1.165, 1.54) is 0 Å². The van der Waals surface area contributed by atoms with Gasteiger partial charge in [-0.05, 0) is 82.6 Å². The molecule has 0 spiro atoms. The van der Waals surface area contributed by atoms with Gasteiger partial charge < -0.3 is 19.3 Å². The zero-order chi connectivity index (χ0) is 34.1. The van der Waals surface area contributed by atoms with Gasteiger partial charge in [0.2, 0.25) is 0 Å². The molecular weight excluding hydrogens is 614 g/mol. The highest BCUT2D eigenvalue weighted by Crippen LogP contribution is 2.37. The molecule has 2 aromatic carbocycles. The maximum atomic E-state index is 14.2. The van der Waals surface area contributed by atoms with Crippen molar-refractivity contribution in [2.24, 2.45) is 17.3 Å². The summed E-state index contributed by atoms with van der Waals surface area (Å²) in [5.41, 5.74) is 2.17. The summed E-state index contributed by atoms with van der Waals surface area (Å²) >= 11 is 1.60. The van der Waals surface area contributed by atoms with Crippen LogP contribution in [0.3, 0.4) is 0 Å². The minimum absolute atomic E-state index is 0.0349. The number of fused-ring (bicyclic) bond motifs is 1. The standard InChI is InChI=1S/C38H47NO7S/c1-7-12-29-35(41)25(3)14-11-13-24(2)17-19-31(28-18-20-32-30(21-28)39-26(4)47-32)45-34(40)22-33(38(5,6)36(29)42)46-37(43)44-23-27-15-9-8-10-16-27/h7-10,15-18,20-21,25,29,31,33,35,41H,1,11-14,19,22-23H2,2-6H3/t25-,29+,31-,33-,35-/m0/s1. The fraction of sp³-hybridized carbons (Fsp3) is 0.474. The zero-order valence-corrected chi connectivity index (χ0v) is 28.9. The lowest BCUT2D eigenvalue weighted by Crippen LogP contribution is -2.48. The van der Waals surface area contributed by atoms with Crippen LogP contribution in [0, 0.1) is 24.2 Å². The second-order valence-electron chi connectivity index (χ2n) is 13.1. The molecule has 1 aliphatic rings. The van der Waals surface area contributed by atoms with Gasteiger partial charge in [-0.2, -0.15) is 0 Å². The quantitative estimate of drug-likeness (QED) is 0.207. The zero-order valence-electron chi connectivity index (χ0n) is 28.1. The predicted molar refractivity (Wildman–Crippen MR) is 184 cm³/mol. The fourth-order valence-electron chi connectivity index (χ4n) is 6.08. The van der Waals surface area contributed by atoms with Gasteiger partial charge in [-0.3, -0.25) is 9.59 Å². The summed E-state index contributed by atoms with van der Waals surface area (Å²) in [7, 11) is 0. The highest BCUT2D eigenvalue weighted by molar-refractivity contribution is 7.18. The maximum Gasteiger partial charge on any atom is 0.508 e. The monoisotopic (exact) mass is 661 g/mol. The van der Waals surface area contributed by atoms with E-state index in [-0.39, 0.29) is 31.1 Å². The van der Waals surface area contributed by atoms with Gasteiger partial charge >= 0.3 is 12.1 Å². The third kappa shape index (κ3) is 9.61. The van der Waals surface area contributed by atoms with Crippen LogP contribution in [0.25, 0.3) is 10.2 Å². The number of allylic oxidation sites excluding steroid dienone is 2. The molecule has 1 aliphatic heterocycles. The van der Waals surface area contributed by atoms with Crippen LogP contribution in [-0.4, -0.2) is 40.2 Å². The van der Waals surface area contributed by atoms with E-state index in [1.807, 2.05) is 69.3 Å². The van der Waals surface area contributed by atoms with Gasteiger partial charge in [-0.25, -0.2) is 9.78 Å². The number of Topliss-reactive ketones (excluding diaryl/α,β-unsaturated/α-hetero) is 1. The second kappa shape index (κ2) is 16.3. The Morgan fingerprint density at radius 2 is 1.91 bits per heavy atom. The molecule has 4 rings (SSSR count). The molecule has 0 bridgehead atoms. The smallest absolute Gasteiger partial charge is 0.457 e. The first kappa shape index (κ1) is 36.0. The molecule has 8 nitrogen and oxygen atoms in total. The van der Waals surface area contributed by atoms with Crippen molar-refractivity contribution in [1.82, 2.24) is 4.98 Å². The van der Waals surface area contributed by atoms with Gasteiger partial charge in [-0.1, -0.05) is 61.0 Å². The summed E-state index contributed by atoms with van der Waals surface area (Å²) in [6.45, 7) is 13.0. The number of aliphatic hydroxyl groups excluding tert-OH is 1. The number of hydrogen-bond acceptors (Lipinski definition) is 9. The predicted octanol–water partition coefficient (Wildman–Crippen LogP) is 8.61.